The Morgan fingerprint density at radius 1 is 0.683 bits per heavy atom. The average molecular weight is 594 g/mol. The molecule has 238 valence electrons. The number of carbonyl (C=O) groups is 5. The summed E-state index contributed by atoms with van der Waals surface area (Å²) in [7, 11) is 0. The second-order valence-electron chi connectivity index (χ2n) is 9.04. The Morgan fingerprint density at radius 2 is 1.07 bits per heavy atom. The van der Waals surface area contributed by atoms with Crippen LogP contribution in [-0.4, -0.2) is 97.8 Å². The Hall–Kier alpha value is -3.67. The summed E-state index contributed by atoms with van der Waals surface area (Å²) in [4.78, 5) is 49.4. The van der Waals surface area contributed by atoms with E-state index in [1.807, 2.05) is 44.2 Å². The number of benzene rings is 1. The first kappa shape index (κ1) is 44.4. The van der Waals surface area contributed by atoms with Gasteiger partial charge < -0.3 is 59.3 Å². The van der Waals surface area contributed by atoms with Crippen LogP contribution in [0.25, 0.3) is 0 Å². The van der Waals surface area contributed by atoms with E-state index in [9.17, 15) is 24.0 Å². The fourth-order valence-corrected chi connectivity index (χ4v) is 1.93. The first-order valence-electron chi connectivity index (χ1n) is 12.2. The van der Waals surface area contributed by atoms with Crippen molar-refractivity contribution in [1.82, 2.24) is 0 Å². The number of nitrogens with two attached hydrogens (primary N) is 5. The van der Waals surface area contributed by atoms with Gasteiger partial charge in [-0.3, -0.25) is 24.0 Å². The normalized spacial score (nSPS) is 12.6. The van der Waals surface area contributed by atoms with Crippen LogP contribution in [-0.2, 0) is 30.4 Å². The summed E-state index contributed by atoms with van der Waals surface area (Å²) >= 11 is 0. The summed E-state index contributed by atoms with van der Waals surface area (Å²) in [6, 6.07) is 6.02. The molecular formula is C25H47N5O11. The van der Waals surface area contributed by atoms with Crippen molar-refractivity contribution < 1.29 is 54.6 Å². The maximum Gasteiger partial charge on any atom is 0.322 e. The maximum absolute atomic E-state index is 10.4. The van der Waals surface area contributed by atoms with Gasteiger partial charge in [-0.2, -0.15) is 0 Å². The molecule has 0 radical (unpaired) electrons. The second kappa shape index (κ2) is 26.5. The Bertz CT molecular complexity index is 871. The monoisotopic (exact) mass is 593 g/mol. The first-order chi connectivity index (χ1) is 18.7. The third-order valence-corrected chi connectivity index (χ3v) is 4.35. The standard InChI is InChI=1S/C9H11NO2.C6H13NO2.C5H11NO2.C3H7NO3.C2H5NO2/c10-8(9(11)12)6-7-4-2-1-3-5-7;1-4(2)3-5(7)6(8)9;1-3(2)4(6)5(7)8;4-2(1-5)3(6)7;3-1-2(4)5/h1-5,8H,6,10H2,(H,11,12);4-5H,3,7H2,1-2H3,(H,8,9);3-4H,6H2,1-2H3,(H,7,8);2,5H,1,4H2,(H,6,7);1,3H2,(H,4,5). The van der Waals surface area contributed by atoms with Crippen molar-refractivity contribution in [2.24, 2.45) is 40.5 Å². The van der Waals surface area contributed by atoms with Crippen molar-refractivity contribution in [2.75, 3.05) is 13.2 Å². The molecule has 1 aromatic rings. The molecule has 0 amide bonds. The SMILES string of the molecule is CC(C)C(N)C(=O)O.CC(C)CC(N)C(=O)O.NC(CO)C(=O)O.NC(Cc1ccccc1)C(=O)O.NCC(=O)O. The number of rotatable bonds is 11. The number of aliphatic hydroxyl groups excluding tert-OH is 1. The molecule has 0 fully saturated rings. The molecule has 16 N–H and O–H groups in total. The molecular weight excluding hydrogens is 546 g/mol. The Balaban J connectivity index is -0.000000215. The third-order valence-electron chi connectivity index (χ3n) is 4.35. The van der Waals surface area contributed by atoms with E-state index in [2.05, 4.69) is 5.73 Å². The highest BCUT2D eigenvalue weighted by Crippen LogP contribution is 2.02. The van der Waals surface area contributed by atoms with Gasteiger partial charge in [0.2, 0.25) is 0 Å². The van der Waals surface area contributed by atoms with Crippen LogP contribution < -0.4 is 28.7 Å². The molecule has 0 saturated carbocycles. The highest BCUT2D eigenvalue weighted by Gasteiger charge is 2.14. The molecule has 1 aromatic carbocycles. The van der Waals surface area contributed by atoms with Gasteiger partial charge >= 0.3 is 29.8 Å². The van der Waals surface area contributed by atoms with Crippen LogP contribution >= 0.6 is 0 Å². The van der Waals surface area contributed by atoms with Gasteiger partial charge in [0.15, 0.2) is 0 Å². The zero-order valence-corrected chi connectivity index (χ0v) is 23.8. The maximum atomic E-state index is 10.4. The summed E-state index contributed by atoms with van der Waals surface area (Å²) in [5.41, 5.74) is 26.0. The molecule has 16 nitrogen and oxygen atoms in total. The molecule has 0 aromatic heterocycles. The Kier molecular flexibility index (Phi) is 28.7. The molecule has 1 rings (SSSR count). The highest BCUT2D eigenvalue weighted by molar-refractivity contribution is 5.74. The van der Waals surface area contributed by atoms with Crippen molar-refractivity contribution in [3.05, 3.63) is 35.9 Å². The lowest BCUT2D eigenvalue weighted by molar-refractivity contribution is -0.140. The lowest BCUT2D eigenvalue weighted by atomic mass is 10.1. The number of carboxylic acid groups (broad SMARTS) is 5. The number of aliphatic carboxylic acids is 5. The largest absolute Gasteiger partial charge is 0.480 e. The van der Waals surface area contributed by atoms with Crippen LogP contribution in [0.5, 0.6) is 0 Å². The number of hydrogen-bond acceptors (Lipinski definition) is 11. The predicted molar refractivity (Wildman–Crippen MR) is 151 cm³/mol. The minimum absolute atomic E-state index is 0.0208. The minimum Gasteiger partial charge on any atom is -0.480 e. The smallest absolute Gasteiger partial charge is 0.322 e. The molecule has 0 aliphatic carbocycles. The van der Waals surface area contributed by atoms with Crippen molar-refractivity contribution in [3.8, 4) is 0 Å². The molecule has 4 atom stereocenters. The fourth-order valence-electron chi connectivity index (χ4n) is 1.93. The van der Waals surface area contributed by atoms with Gasteiger partial charge in [-0.05, 0) is 30.2 Å². The van der Waals surface area contributed by atoms with E-state index >= 15 is 0 Å². The van der Waals surface area contributed by atoms with Crippen LogP contribution in [0.4, 0.5) is 0 Å². The van der Waals surface area contributed by atoms with Gasteiger partial charge in [0, 0.05) is 0 Å². The van der Waals surface area contributed by atoms with Gasteiger partial charge in [-0.1, -0.05) is 58.0 Å². The van der Waals surface area contributed by atoms with Crippen molar-refractivity contribution in [2.45, 2.75) is 64.7 Å². The molecule has 0 aliphatic rings. The molecule has 16 heteroatoms. The van der Waals surface area contributed by atoms with E-state index in [1.54, 1.807) is 13.8 Å². The molecule has 0 bridgehead atoms. The van der Waals surface area contributed by atoms with Crippen molar-refractivity contribution in [3.63, 3.8) is 0 Å². The third kappa shape index (κ3) is 32.4. The zero-order chi connectivity index (χ0) is 33.3. The van der Waals surface area contributed by atoms with Crippen molar-refractivity contribution >= 4 is 29.8 Å². The first-order valence-corrected chi connectivity index (χ1v) is 12.2. The molecule has 4 unspecified atom stereocenters. The van der Waals surface area contributed by atoms with Gasteiger partial charge in [-0.15, -0.1) is 0 Å². The van der Waals surface area contributed by atoms with E-state index in [4.69, 9.17) is 53.6 Å². The van der Waals surface area contributed by atoms with Crippen molar-refractivity contribution in [1.29, 1.82) is 0 Å². The van der Waals surface area contributed by atoms with Crippen LogP contribution in [0, 0.1) is 11.8 Å². The Morgan fingerprint density at radius 3 is 1.24 bits per heavy atom. The van der Waals surface area contributed by atoms with Crippen LogP contribution in [0.1, 0.15) is 39.7 Å². The van der Waals surface area contributed by atoms with E-state index in [0.29, 0.717) is 18.8 Å². The summed E-state index contributed by atoms with van der Waals surface area (Å²) in [6.07, 6.45) is 0.936. The zero-order valence-electron chi connectivity index (χ0n) is 23.8. The van der Waals surface area contributed by atoms with E-state index < -0.39 is 60.6 Å². The van der Waals surface area contributed by atoms with Gasteiger partial charge in [0.25, 0.3) is 0 Å². The molecule has 0 saturated heterocycles. The van der Waals surface area contributed by atoms with E-state index in [0.717, 1.165) is 5.56 Å². The fraction of sp³-hybridized carbons (Fsp3) is 0.560. The summed E-state index contributed by atoms with van der Waals surface area (Å²) in [6.45, 7) is 6.67. The average Bonchev–Trinajstić information content (AvgIpc) is 2.88. The van der Waals surface area contributed by atoms with Crippen LogP contribution in [0.2, 0.25) is 0 Å². The minimum atomic E-state index is -1.18. The molecule has 41 heavy (non-hydrogen) atoms. The van der Waals surface area contributed by atoms with E-state index in [1.165, 1.54) is 0 Å². The molecule has 0 heterocycles. The summed E-state index contributed by atoms with van der Waals surface area (Å²) < 4.78 is 0. The van der Waals surface area contributed by atoms with Gasteiger partial charge in [0.1, 0.15) is 24.2 Å². The molecule has 0 aliphatic heterocycles. The van der Waals surface area contributed by atoms with Gasteiger partial charge in [0.05, 0.1) is 13.2 Å². The number of aliphatic hydroxyl groups is 1. The number of carboxylic acids is 5. The van der Waals surface area contributed by atoms with Crippen LogP contribution in [0.3, 0.4) is 0 Å². The van der Waals surface area contributed by atoms with Gasteiger partial charge in [-0.25, -0.2) is 0 Å². The topological polar surface area (TPSA) is 337 Å². The number of hydrogen-bond donors (Lipinski definition) is 11. The second-order valence-corrected chi connectivity index (χ2v) is 9.04. The predicted octanol–water partition coefficient (Wildman–Crippen LogP) is -1.44. The summed E-state index contributed by atoms with van der Waals surface area (Å²) in [5.74, 6) is -4.57. The lowest BCUT2D eigenvalue weighted by Gasteiger charge is -2.07. The quantitative estimate of drug-likeness (QED) is 0.140. The highest BCUT2D eigenvalue weighted by atomic mass is 16.4. The Labute approximate surface area is 239 Å². The van der Waals surface area contributed by atoms with E-state index in [-0.39, 0.29) is 12.5 Å². The van der Waals surface area contributed by atoms with Crippen LogP contribution in [0.15, 0.2) is 30.3 Å². The lowest BCUT2D eigenvalue weighted by Crippen LogP contribution is -2.34. The molecule has 0 spiro atoms. The summed E-state index contributed by atoms with van der Waals surface area (Å²) in [5, 5.41) is 48.5.